The summed E-state index contributed by atoms with van der Waals surface area (Å²) < 4.78 is 0. The van der Waals surface area contributed by atoms with Gasteiger partial charge in [0.1, 0.15) is 0 Å². The van der Waals surface area contributed by atoms with Crippen molar-refractivity contribution in [1.29, 1.82) is 0 Å². The van der Waals surface area contributed by atoms with E-state index in [0.717, 1.165) is 32.1 Å². The maximum absolute atomic E-state index is 11.9. The van der Waals surface area contributed by atoms with E-state index in [1.807, 2.05) is 0 Å². The zero-order valence-corrected chi connectivity index (χ0v) is 10.9. The van der Waals surface area contributed by atoms with Gasteiger partial charge in [-0.25, -0.2) is 0 Å². The highest BCUT2D eigenvalue weighted by Gasteiger charge is 2.33. The molecule has 0 aromatic carbocycles. The highest BCUT2D eigenvalue weighted by atomic mass is 16.3. The van der Waals surface area contributed by atoms with Crippen molar-refractivity contribution >= 4 is 5.91 Å². The van der Waals surface area contributed by atoms with Gasteiger partial charge in [-0.3, -0.25) is 4.79 Å². The molecule has 0 aromatic heterocycles. The van der Waals surface area contributed by atoms with E-state index in [-0.39, 0.29) is 5.91 Å². The van der Waals surface area contributed by atoms with Crippen LogP contribution in [-0.4, -0.2) is 22.7 Å². The summed E-state index contributed by atoms with van der Waals surface area (Å²) in [5, 5.41) is 13.4. The third-order valence-corrected chi connectivity index (χ3v) is 4.48. The van der Waals surface area contributed by atoms with E-state index >= 15 is 0 Å². The Morgan fingerprint density at radius 1 is 1.24 bits per heavy atom. The lowest BCUT2D eigenvalue weighted by atomic mass is 9.82. The van der Waals surface area contributed by atoms with Crippen LogP contribution in [0.2, 0.25) is 0 Å². The fourth-order valence-electron chi connectivity index (χ4n) is 3.30. The normalized spacial score (nSPS) is 32.4. The van der Waals surface area contributed by atoms with E-state index in [9.17, 15) is 9.90 Å². The summed E-state index contributed by atoms with van der Waals surface area (Å²) in [5.74, 6) is 0.646. The molecule has 2 N–H and O–H groups in total. The van der Waals surface area contributed by atoms with Crippen molar-refractivity contribution in [2.75, 3.05) is 0 Å². The largest absolute Gasteiger partial charge is 0.389 e. The van der Waals surface area contributed by atoms with Crippen molar-refractivity contribution in [2.24, 2.45) is 5.92 Å². The van der Waals surface area contributed by atoms with Crippen LogP contribution in [0, 0.1) is 5.92 Å². The molecule has 0 radical (unpaired) electrons. The Morgan fingerprint density at radius 2 is 1.94 bits per heavy atom. The van der Waals surface area contributed by atoms with Crippen LogP contribution < -0.4 is 5.32 Å². The zero-order chi connectivity index (χ0) is 12.3. The highest BCUT2D eigenvalue weighted by molar-refractivity contribution is 5.77. The number of hydrogen-bond donors (Lipinski definition) is 2. The first-order valence-corrected chi connectivity index (χ1v) is 7.11. The second-order valence-corrected chi connectivity index (χ2v) is 6.04. The van der Waals surface area contributed by atoms with E-state index < -0.39 is 5.60 Å². The van der Waals surface area contributed by atoms with Gasteiger partial charge in [0.25, 0.3) is 0 Å². The minimum atomic E-state index is -0.718. The highest BCUT2D eigenvalue weighted by Crippen LogP contribution is 2.31. The molecule has 2 atom stereocenters. The van der Waals surface area contributed by atoms with Gasteiger partial charge >= 0.3 is 0 Å². The topological polar surface area (TPSA) is 49.3 Å². The van der Waals surface area contributed by atoms with Gasteiger partial charge in [0.2, 0.25) is 5.91 Å². The van der Waals surface area contributed by atoms with E-state index in [1.54, 1.807) is 0 Å². The number of hydrogen-bond acceptors (Lipinski definition) is 2. The average molecular weight is 239 g/mol. The summed E-state index contributed by atoms with van der Waals surface area (Å²) in [7, 11) is 0. The van der Waals surface area contributed by atoms with Gasteiger partial charge in [0.15, 0.2) is 0 Å². The third kappa shape index (κ3) is 3.44. The minimum absolute atomic E-state index is 0.0492. The van der Waals surface area contributed by atoms with Gasteiger partial charge in [-0.15, -0.1) is 0 Å². The van der Waals surface area contributed by atoms with Crippen LogP contribution in [0.15, 0.2) is 0 Å². The van der Waals surface area contributed by atoms with Gasteiger partial charge in [0.05, 0.1) is 12.0 Å². The van der Waals surface area contributed by atoms with E-state index in [0.29, 0.717) is 18.4 Å². The molecule has 0 aliphatic heterocycles. The predicted molar refractivity (Wildman–Crippen MR) is 67.6 cm³/mol. The molecule has 2 fully saturated rings. The van der Waals surface area contributed by atoms with E-state index in [4.69, 9.17) is 0 Å². The first kappa shape index (κ1) is 12.9. The SMILES string of the molecule is CC1CCCC1NC(=O)CC1(O)CCCCC1. The summed E-state index contributed by atoms with van der Waals surface area (Å²) in [4.78, 5) is 11.9. The summed E-state index contributed by atoms with van der Waals surface area (Å²) in [6.07, 6.45) is 8.74. The third-order valence-electron chi connectivity index (χ3n) is 4.48. The Bertz CT molecular complexity index is 271. The molecule has 2 aliphatic rings. The Hall–Kier alpha value is -0.570. The van der Waals surface area contributed by atoms with Crippen LogP contribution in [0.3, 0.4) is 0 Å². The van der Waals surface area contributed by atoms with Crippen molar-refractivity contribution in [3.8, 4) is 0 Å². The van der Waals surface area contributed by atoms with E-state index in [1.165, 1.54) is 19.3 Å². The maximum Gasteiger partial charge on any atom is 0.223 e. The fraction of sp³-hybridized carbons (Fsp3) is 0.929. The number of aliphatic hydroxyl groups is 1. The second-order valence-electron chi connectivity index (χ2n) is 6.04. The van der Waals surface area contributed by atoms with Crippen LogP contribution in [-0.2, 0) is 4.79 Å². The van der Waals surface area contributed by atoms with Crippen molar-refractivity contribution in [3.63, 3.8) is 0 Å². The van der Waals surface area contributed by atoms with Gasteiger partial charge in [-0.05, 0) is 31.6 Å². The van der Waals surface area contributed by atoms with Crippen LogP contribution in [0.5, 0.6) is 0 Å². The monoisotopic (exact) mass is 239 g/mol. The Kier molecular flexibility index (Phi) is 4.08. The standard InChI is InChI=1S/C14H25NO2/c1-11-6-5-7-12(11)15-13(16)10-14(17)8-3-2-4-9-14/h11-12,17H,2-10H2,1H3,(H,15,16). The molecule has 17 heavy (non-hydrogen) atoms. The lowest BCUT2D eigenvalue weighted by Gasteiger charge is -2.32. The number of nitrogens with one attached hydrogen (secondary N) is 1. The number of carbonyl (C=O) groups is 1. The van der Waals surface area contributed by atoms with Crippen molar-refractivity contribution in [3.05, 3.63) is 0 Å². The summed E-state index contributed by atoms with van der Waals surface area (Å²) in [6, 6.07) is 0.342. The molecule has 2 unspecified atom stereocenters. The van der Waals surface area contributed by atoms with E-state index in [2.05, 4.69) is 12.2 Å². The van der Waals surface area contributed by atoms with Gasteiger partial charge in [0, 0.05) is 6.04 Å². The van der Waals surface area contributed by atoms with Crippen LogP contribution in [0.4, 0.5) is 0 Å². The number of amides is 1. The van der Waals surface area contributed by atoms with Crippen LogP contribution >= 0.6 is 0 Å². The zero-order valence-electron chi connectivity index (χ0n) is 10.9. The Balaban J connectivity index is 1.80. The summed E-state index contributed by atoms with van der Waals surface area (Å²) >= 11 is 0. The number of rotatable bonds is 3. The first-order valence-electron chi connectivity index (χ1n) is 7.11. The predicted octanol–water partition coefficient (Wildman–Crippen LogP) is 2.38. The Morgan fingerprint density at radius 3 is 2.53 bits per heavy atom. The molecule has 0 heterocycles. The molecule has 1 amide bonds. The van der Waals surface area contributed by atoms with Crippen molar-refractivity contribution < 1.29 is 9.90 Å². The molecule has 3 nitrogen and oxygen atoms in total. The molecule has 98 valence electrons. The molecule has 0 aromatic rings. The molecule has 0 bridgehead atoms. The van der Waals surface area contributed by atoms with Crippen molar-refractivity contribution in [1.82, 2.24) is 5.32 Å². The summed E-state index contributed by atoms with van der Waals surface area (Å²) in [5.41, 5.74) is -0.718. The quantitative estimate of drug-likeness (QED) is 0.794. The summed E-state index contributed by atoms with van der Waals surface area (Å²) in [6.45, 7) is 2.20. The van der Waals surface area contributed by atoms with Crippen molar-refractivity contribution in [2.45, 2.75) is 76.4 Å². The van der Waals surface area contributed by atoms with Gasteiger partial charge in [-0.2, -0.15) is 0 Å². The first-order chi connectivity index (χ1) is 8.09. The van der Waals surface area contributed by atoms with Crippen LogP contribution in [0.25, 0.3) is 0 Å². The molecule has 3 heteroatoms. The molecule has 2 aliphatic carbocycles. The molecule has 2 rings (SSSR count). The second kappa shape index (κ2) is 5.38. The molecule has 0 saturated heterocycles. The lowest BCUT2D eigenvalue weighted by Crippen LogP contribution is -2.42. The molecular weight excluding hydrogens is 214 g/mol. The lowest BCUT2D eigenvalue weighted by molar-refractivity contribution is -0.128. The molecule has 0 spiro atoms. The average Bonchev–Trinajstić information content (AvgIpc) is 2.64. The fourth-order valence-corrected chi connectivity index (χ4v) is 3.30. The van der Waals surface area contributed by atoms with Gasteiger partial charge < -0.3 is 10.4 Å². The van der Waals surface area contributed by atoms with Crippen LogP contribution in [0.1, 0.15) is 64.7 Å². The van der Waals surface area contributed by atoms with Gasteiger partial charge in [-0.1, -0.05) is 32.6 Å². The minimum Gasteiger partial charge on any atom is -0.389 e. The maximum atomic E-state index is 11.9. The molecular formula is C14H25NO2. The number of carbonyl (C=O) groups excluding carboxylic acids is 1. The Labute approximate surface area is 104 Å². The molecule has 2 saturated carbocycles. The smallest absolute Gasteiger partial charge is 0.223 e.